The van der Waals surface area contributed by atoms with Crippen LogP contribution in [0.3, 0.4) is 0 Å². The number of hydrogen-bond acceptors (Lipinski definition) is 4. The Kier molecular flexibility index (Phi) is 4.76. The predicted octanol–water partition coefficient (Wildman–Crippen LogP) is -0.841. The SMILES string of the molecule is COCC(=O)N1CCN(C(=O)[C@@H]2CNC[C@H]2C)CC1. The molecule has 0 aliphatic carbocycles. The molecule has 0 aromatic carbocycles. The highest BCUT2D eigenvalue weighted by Crippen LogP contribution is 2.19. The van der Waals surface area contributed by atoms with Crippen LogP contribution in [0.2, 0.25) is 0 Å². The van der Waals surface area contributed by atoms with E-state index in [9.17, 15) is 9.59 Å². The molecule has 0 unspecified atom stereocenters. The summed E-state index contributed by atoms with van der Waals surface area (Å²) in [5.41, 5.74) is 0. The van der Waals surface area contributed by atoms with Gasteiger partial charge >= 0.3 is 0 Å². The minimum absolute atomic E-state index is 0.00509. The van der Waals surface area contributed by atoms with Gasteiger partial charge in [0.2, 0.25) is 11.8 Å². The molecule has 6 nitrogen and oxygen atoms in total. The van der Waals surface area contributed by atoms with Crippen LogP contribution in [0.5, 0.6) is 0 Å². The van der Waals surface area contributed by atoms with Crippen molar-refractivity contribution in [3.05, 3.63) is 0 Å². The molecule has 0 bridgehead atoms. The second-order valence-corrected chi connectivity index (χ2v) is 5.38. The minimum atomic E-state index is 0.00509. The molecule has 2 atom stereocenters. The number of carbonyl (C=O) groups excluding carboxylic acids is 2. The number of methoxy groups -OCH3 is 1. The Morgan fingerprint density at radius 3 is 2.32 bits per heavy atom. The summed E-state index contributed by atoms with van der Waals surface area (Å²) >= 11 is 0. The molecule has 0 radical (unpaired) electrons. The Morgan fingerprint density at radius 1 is 1.16 bits per heavy atom. The van der Waals surface area contributed by atoms with Gasteiger partial charge in [-0.2, -0.15) is 0 Å². The van der Waals surface area contributed by atoms with Gasteiger partial charge in [0.15, 0.2) is 0 Å². The smallest absolute Gasteiger partial charge is 0.248 e. The van der Waals surface area contributed by atoms with Gasteiger partial charge in [-0.1, -0.05) is 6.92 Å². The van der Waals surface area contributed by atoms with E-state index in [1.165, 1.54) is 7.11 Å². The maximum absolute atomic E-state index is 12.4. The number of amides is 2. The maximum atomic E-state index is 12.4. The average molecular weight is 269 g/mol. The highest BCUT2D eigenvalue weighted by Gasteiger charge is 2.34. The van der Waals surface area contributed by atoms with E-state index in [1.807, 2.05) is 4.90 Å². The lowest BCUT2D eigenvalue weighted by Crippen LogP contribution is -2.53. The monoisotopic (exact) mass is 269 g/mol. The van der Waals surface area contributed by atoms with E-state index in [0.29, 0.717) is 32.1 Å². The van der Waals surface area contributed by atoms with Gasteiger partial charge in [-0.05, 0) is 12.5 Å². The number of nitrogens with one attached hydrogen (secondary N) is 1. The summed E-state index contributed by atoms with van der Waals surface area (Å²) < 4.78 is 4.85. The lowest BCUT2D eigenvalue weighted by atomic mass is 9.96. The molecule has 2 saturated heterocycles. The molecule has 1 N–H and O–H groups in total. The van der Waals surface area contributed by atoms with Crippen LogP contribution in [-0.4, -0.2) is 74.6 Å². The topological polar surface area (TPSA) is 61.9 Å². The molecule has 0 saturated carbocycles. The van der Waals surface area contributed by atoms with Crippen molar-refractivity contribution in [1.82, 2.24) is 15.1 Å². The first-order valence-electron chi connectivity index (χ1n) is 6.89. The first kappa shape index (κ1) is 14.3. The molecular formula is C13H23N3O3. The maximum Gasteiger partial charge on any atom is 0.248 e. The molecular weight excluding hydrogens is 246 g/mol. The van der Waals surface area contributed by atoms with Crippen LogP contribution in [0.15, 0.2) is 0 Å². The number of rotatable bonds is 3. The molecule has 2 amide bonds. The van der Waals surface area contributed by atoms with E-state index < -0.39 is 0 Å². The zero-order chi connectivity index (χ0) is 13.8. The van der Waals surface area contributed by atoms with E-state index >= 15 is 0 Å². The molecule has 0 aromatic heterocycles. The van der Waals surface area contributed by atoms with Gasteiger partial charge in [0.1, 0.15) is 6.61 Å². The number of piperazine rings is 1. The van der Waals surface area contributed by atoms with E-state index in [0.717, 1.165) is 13.1 Å². The van der Waals surface area contributed by atoms with E-state index in [-0.39, 0.29) is 24.3 Å². The van der Waals surface area contributed by atoms with Crippen molar-refractivity contribution < 1.29 is 14.3 Å². The molecule has 0 spiro atoms. The van der Waals surface area contributed by atoms with Crippen LogP contribution in [-0.2, 0) is 14.3 Å². The summed E-state index contributed by atoms with van der Waals surface area (Å²) in [5.74, 6) is 0.740. The normalized spacial score (nSPS) is 27.7. The Bertz CT molecular complexity index is 340. The third-order valence-corrected chi connectivity index (χ3v) is 4.05. The zero-order valence-corrected chi connectivity index (χ0v) is 11.7. The van der Waals surface area contributed by atoms with Crippen LogP contribution in [0.4, 0.5) is 0 Å². The Labute approximate surface area is 114 Å². The minimum Gasteiger partial charge on any atom is -0.375 e. The quantitative estimate of drug-likeness (QED) is 0.726. The van der Waals surface area contributed by atoms with Crippen molar-refractivity contribution in [2.75, 3.05) is 53.0 Å². The molecule has 2 aliphatic heterocycles. The first-order chi connectivity index (χ1) is 9.13. The second-order valence-electron chi connectivity index (χ2n) is 5.38. The van der Waals surface area contributed by atoms with Crippen LogP contribution in [0, 0.1) is 11.8 Å². The fraction of sp³-hybridized carbons (Fsp3) is 0.846. The molecule has 0 aromatic rings. The number of ether oxygens (including phenoxy) is 1. The van der Waals surface area contributed by atoms with Gasteiger partial charge in [-0.25, -0.2) is 0 Å². The highest BCUT2D eigenvalue weighted by molar-refractivity contribution is 5.81. The van der Waals surface area contributed by atoms with Crippen molar-refractivity contribution in [2.24, 2.45) is 11.8 Å². The van der Waals surface area contributed by atoms with Crippen molar-refractivity contribution >= 4 is 11.8 Å². The largest absolute Gasteiger partial charge is 0.375 e. The number of carbonyl (C=O) groups is 2. The van der Waals surface area contributed by atoms with Crippen LogP contribution in [0.1, 0.15) is 6.92 Å². The zero-order valence-electron chi connectivity index (χ0n) is 11.7. The van der Waals surface area contributed by atoms with E-state index in [4.69, 9.17) is 4.74 Å². The van der Waals surface area contributed by atoms with Crippen LogP contribution < -0.4 is 5.32 Å². The van der Waals surface area contributed by atoms with E-state index in [2.05, 4.69) is 12.2 Å². The fourth-order valence-corrected chi connectivity index (χ4v) is 2.77. The van der Waals surface area contributed by atoms with Crippen molar-refractivity contribution in [2.45, 2.75) is 6.92 Å². The molecule has 2 heterocycles. The molecule has 19 heavy (non-hydrogen) atoms. The fourth-order valence-electron chi connectivity index (χ4n) is 2.77. The summed E-state index contributed by atoms with van der Waals surface area (Å²) in [7, 11) is 1.52. The average Bonchev–Trinajstić information content (AvgIpc) is 2.84. The Hall–Kier alpha value is -1.14. The number of nitrogens with zero attached hydrogens (tertiary/aromatic N) is 2. The molecule has 2 fully saturated rings. The number of hydrogen-bond donors (Lipinski definition) is 1. The predicted molar refractivity (Wildman–Crippen MR) is 70.6 cm³/mol. The first-order valence-corrected chi connectivity index (χ1v) is 6.89. The summed E-state index contributed by atoms with van der Waals surface area (Å²) in [5, 5.41) is 3.26. The van der Waals surface area contributed by atoms with Gasteiger partial charge in [-0.15, -0.1) is 0 Å². The summed E-state index contributed by atoms with van der Waals surface area (Å²) in [6.07, 6.45) is 0. The van der Waals surface area contributed by atoms with Crippen molar-refractivity contribution in [3.8, 4) is 0 Å². The van der Waals surface area contributed by atoms with Crippen molar-refractivity contribution in [1.29, 1.82) is 0 Å². The summed E-state index contributed by atoms with van der Waals surface area (Å²) in [6.45, 7) is 6.43. The Balaban J connectivity index is 1.82. The van der Waals surface area contributed by atoms with Crippen LogP contribution in [0.25, 0.3) is 0 Å². The van der Waals surface area contributed by atoms with Gasteiger partial charge in [-0.3, -0.25) is 9.59 Å². The molecule has 6 heteroatoms. The molecule has 108 valence electrons. The van der Waals surface area contributed by atoms with Crippen molar-refractivity contribution in [3.63, 3.8) is 0 Å². The van der Waals surface area contributed by atoms with Crippen LogP contribution >= 0.6 is 0 Å². The third-order valence-electron chi connectivity index (χ3n) is 4.05. The van der Waals surface area contributed by atoms with Gasteiger partial charge in [0.05, 0.1) is 5.92 Å². The highest BCUT2D eigenvalue weighted by atomic mass is 16.5. The molecule has 2 rings (SSSR count). The summed E-state index contributed by atoms with van der Waals surface area (Å²) in [4.78, 5) is 27.7. The second kappa shape index (κ2) is 6.34. The van der Waals surface area contributed by atoms with Gasteiger partial charge in [0, 0.05) is 39.8 Å². The summed E-state index contributed by atoms with van der Waals surface area (Å²) in [6, 6.07) is 0. The standard InChI is InChI=1S/C13H23N3O3/c1-10-7-14-8-11(10)13(18)16-5-3-15(4-6-16)12(17)9-19-2/h10-11,14H,3-9H2,1-2H3/t10-,11-/m1/s1. The third kappa shape index (κ3) is 3.25. The van der Waals surface area contributed by atoms with Gasteiger partial charge < -0.3 is 19.9 Å². The molecule has 2 aliphatic rings. The Morgan fingerprint density at radius 2 is 1.79 bits per heavy atom. The van der Waals surface area contributed by atoms with E-state index in [1.54, 1.807) is 4.90 Å². The van der Waals surface area contributed by atoms with Gasteiger partial charge in [0.25, 0.3) is 0 Å². The lowest BCUT2D eigenvalue weighted by molar-refractivity contribution is -0.144. The lowest BCUT2D eigenvalue weighted by Gasteiger charge is -2.36.